The number of carbonyl (C=O) groups excluding carboxylic acids is 4. The summed E-state index contributed by atoms with van der Waals surface area (Å²) in [6, 6.07) is 2.62. The van der Waals surface area contributed by atoms with E-state index in [0.717, 1.165) is 11.1 Å². The van der Waals surface area contributed by atoms with Crippen molar-refractivity contribution in [1.82, 2.24) is 10.2 Å². The van der Waals surface area contributed by atoms with Gasteiger partial charge in [0.05, 0.1) is 25.3 Å². The number of halogens is 1. The van der Waals surface area contributed by atoms with Gasteiger partial charge in [0.1, 0.15) is 40.7 Å². The zero-order valence-electron chi connectivity index (χ0n) is 33.6. The number of nitrogens with zero attached hydrogens (tertiary/aromatic N) is 2. The molecule has 2 saturated heterocycles. The number of rotatable bonds is 10. The molecule has 0 aromatic heterocycles. The van der Waals surface area contributed by atoms with E-state index in [9.17, 15) is 24.3 Å². The average molecular weight is 826 g/mol. The van der Waals surface area contributed by atoms with Crippen molar-refractivity contribution in [3.8, 4) is 5.75 Å². The molecular weight excluding hydrogens is 770 g/mol. The van der Waals surface area contributed by atoms with E-state index in [4.69, 9.17) is 35.3 Å². The van der Waals surface area contributed by atoms with Crippen LogP contribution in [0.1, 0.15) is 72.8 Å². The van der Waals surface area contributed by atoms with E-state index in [-0.39, 0.29) is 34.9 Å². The van der Waals surface area contributed by atoms with Crippen molar-refractivity contribution in [2.75, 3.05) is 39.5 Å². The van der Waals surface area contributed by atoms with Gasteiger partial charge in [-0.15, -0.1) is 0 Å². The van der Waals surface area contributed by atoms with Crippen molar-refractivity contribution >= 4 is 62.8 Å². The van der Waals surface area contributed by atoms with Gasteiger partial charge in [0, 0.05) is 44.7 Å². The van der Waals surface area contributed by atoms with Crippen molar-refractivity contribution in [2.24, 2.45) is 5.92 Å². The van der Waals surface area contributed by atoms with Gasteiger partial charge < -0.3 is 38.6 Å². The van der Waals surface area contributed by atoms with E-state index >= 15 is 0 Å². The summed E-state index contributed by atoms with van der Waals surface area (Å²) in [6.45, 7) is 11.2. The Morgan fingerprint density at radius 3 is 2.58 bits per heavy atom. The lowest BCUT2D eigenvalue weighted by Gasteiger charge is -2.42. The molecule has 0 aliphatic carbocycles. The van der Waals surface area contributed by atoms with Gasteiger partial charge in [0.2, 0.25) is 11.8 Å². The van der Waals surface area contributed by atoms with Crippen molar-refractivity contribution in [3.63, 3.8) is 0 Å². The number of epoxide rings is 1. The van der Waals surface area contributed by atoms with E-state index < -0.39 is 65.7 Å². The number of hydrogen-bond acceptors (Lipinski definition) is 12. The van der Waals surface area contributed by atoms with E-state index in [1.807, 2.05) is 26.2 Å². The Labute approximate surface area is 337 Å². The molecular formula is C39H56ClN3O10S2. The highest BCUT2D eigenvalue weighted by atomic mass is 35.5. The number of aliphatic hydroxyl groups is 1. The van der Waals surface area contributed by atoms with Gasteiger partial charge in [-0.1, -0.05) is 63.9 Å². The number of methoxy groups -OCH3 is 2. The summed E-state index contributed by atoms with van der Waals surface area (Å²) < 4.78 is 29.2. The quantitative estimate of drug-likeness (QED) is 0.160. The van der Waals surface area contributed by atoms with E-state index in [0.29, 0.717) is 24.3 Å². The molecule has 1 unspecified atom stereocenters. The third-order valence-electron chi connectivity index (χ3n) is 10.8. The Morgan fingerprint density at radius 2 is 1.95 bits per heavy atom. The smallest absolute Gasteiger partial charge is 0.409 e. The Kier molecular flexibility index (Phi) is 14.7. The van der Waals surface area contributed by atoms with Crippen LogP contribution in [0.3, 0.4) is 0 Å². The van der Waals surface area contributed by atoms with Gasteiger partial charge in [0.25, 0.3) is 0 Å². The maximum atomic E-state index is 14.2. The second-order valence-corrected chi connectivity index (χ2v) is 18.9. The molecule has 306 valence electrons. The normalized spacial score (nSPS) is 30.8. The van der Waals surface area contributed by atoms with Gasteiger partial charge >= 0.3 is 12.1 Å². The fraction of sp³-hybridized carbons (Fsp3) is 0.641. The number of allylic oxidation sites excluding steroid dienone is 3. The van der Waals surface area contributed by atoms with Crippen LogP contribution in [-0.4, -0.2) is 115 Å². The lowest BCUT2D eigenvalue weighted by Crippen LogP contribution is -2.63. The molecule has 1 aromatic rings. The zero-order valence-corrected chi connectivity index (χ0v) is 36.0. The maximum absolute atomic E-state index is 14.2. The zero-order chi connectivity index (χ0) is 41.0. The third kappa shape index (κ3) is 10.5. The number of anilines is 1. The van der Waals surface area contributed by atoms with E-state index in [2.05, 4.69) is 19.2 Å². The molecule has 55 heavy (non-hydrogen) atoms. The first-order valence-electron chi connectivity index (χ1n) is 18.3. The second kappa shape index (κ2) is 18.1. The molecule has 1 aromatic carbocycles. The highest BCUT2D eigenvalue weighted by Crippen LogP contribution is 2.49. The van der Waals surface area contributed by atoms with E-state index in [1.54, 1.807) is 73.8 Å². The molecule has 3 heterocycles. The molecule has 2 fully saturated rings. The minimum Gasteiger partial charge on any atom is -0.495 e. The van der Waals surface area contributed by atoms with Gasteiger partial charge in [0.15, 0.2) is 5.72 Å². The standard InChI is InChI=1S/C39H56ClN3O10S2/c1-22-13-12-14-29(50-10)39(48)21-28(51-36(47)41-39)23(2)34-38(6,53-34)30(20-32(45)43(8)26-18-25(17-22)19-27(49-9)33(26)40)52-35(46)24(3)42(7)31(44)15-16-37(4,5)55-54-11/h12-14,18-19,23-24,28-30,34,48H,15-17,20-21H2,1-11H3,(H,41,47)/b14-12+,22-13+/t23-,24+,28+,29-,30+,34?,38+,39+/m1/s1. The van der Waals surface area contributed by atoms with Crippen LogP contribution in [0.2, 0.25) is 5.02 Å². The van der Waals surface area contributed by atoms with Gasteiger partial charge in [-0.2, -0.15) is 0 Å². The fourth-order valence-corrected chi connectivity index (χ4v) is 9.62. The van der Waals surface area contributed by atoms with Crippen molar-refractivity contribution in [3.05, 3.63) is 46.5 Å². The summed E-state index contributed by atoms with van der Waals surface area (Å²) in [5.74, 6) is -1.50. The highest BCUT2D eigenvalue weighted by molar-refractivity contribution is 8.76. The molecule has 3 amide bonds. The lowest BCUT2D eigenvalue weighted by atomic mass is 9.83. The summed E-state index contributed by atoms with van der Waals surface area (Å²) in [5.41, 5.74) is -0.900. The van der Waals surface area contributed by atoms with Crippen LogP contribution >= 0.6 is 33.2 Å². The summed E-state index contributed by atoms with van der Waals surface area (Å²) in [6.07, 6.45) is 3.81. The molecule has 13 nitrogen and oxygen atoms in total. The molecule has 3 aliphatic rings. The largest absolute Gasteiger partial charge is 0.495 e. The van der Waals surface area contributed by atoms with Crippen molar-refractivity contribution < 1.29 is 48.0 Å². The van der Waals surface area contributed by atoms with Crippen LogP contribution in [0.15, 0.2) is 35.9 Å². The molecule has 4 rings (SSSR count). The van der Waals surface area contributed by atoms with Crippen molar-refractivity contribution in [1.29, 1.82) is 0 Å². The Bertz CT molecular complexity index is 1680. The van der Waals surface area contributed by atoms with E-state index in [1.165, 1.54) is 24.0 Å². The molecule has 4 bridgehead atoms. The predicted molar refractivity (Wildman–Crippen MR) is 215 cm³/mol. The topological polar surface area (TPSA) is 156 Å². The van der Waals surface area contributed by atoms with Crippen LogP contribution in [0.5, 0.6) is 5.75 Å². The Morgan fingerprint density at radius 1 is 1.25 bits per heavy atom. The number of alkyl carbamates (subject to hydrolysis) is 1. The molecule has 0 saturated carbocycles. The first-order chi connectivity index (χ1) is 25.7. The number of likely N-dealkylation sites (N-methyl/N-ethyl adjacent to an activating group) is 1. The highest BCUT2D eigenvalue weighted by Gasteiger charge is 2.64. The van der Waals surface area contributed by atoms with Crippen molar-refractivity contribution in [2.45, 2.75) is 120 Å². The number of esters is 1. The molecule has 0 radical (unpaired) electrons. The number of carbonyl (C=O) groups is 4. The summed E-state index contributed by atoms with van der Waals surface area (Å²) in [5, 5.41) is 14.5. The molecule has 8 atom stereocenters. The maximum Gasteiger partial charge on any atom is 0.409 e. The predicted octanol–water partition coefficient (Wildman–Crippen LogP) is 6.08. The van der Waals surface area contributed by atoms with Gasteiger partial charge in [-0.25, -0.2) is 9.59 Å². The number of nitrogens with one attached hydrogen (secondary N) is 1. The first kappa shape index (κ1) is 44.8. The minimum atomic E-state index is -1.83. The lowest BCUT2D eigenvalue weighted by molar-refractivity contribution is -0.162. The minimum absolute atomic E-state index is 0.0478. The second-order valence-electron chi connectivity index (χ2n) is 15.4. The van der Waals surface area contributed by atoms with Crippen LogP contribution in [0.25, 0.3) is 0 Å². The number of amides is 3. The fourth-order valence-electron chi connectivity index (χ4n) is 7.07. The first-order valence-corrected chi connectivity index (χ1v) is 21.2. The van der Waals surface area contributed by atoms with Crippen LogP contribution in [0, 0.1) is 5.92 Å². The molecule has 0 spiro atoms. The van der Waals surface area contributed by atoms with Crippen LogP contribution in [-0.2, 0) is 39.8 Å². The third-order valence-corrected chi connectivity index (χ3v) is 13.8. The molecule has 3 aliphatic heterocycles. The Hall–Kier alpha value is -2.95. The number of hydrogen-bond donors (Lipinski definition) is 2. The summed E-state index contributed by atoms with van der Waals surface area (Å²) >= 11 is 6.78. The van der Waals surface area contributed by atoms with Crippen LogP contribution < -0.4 is 15.0 Å². The molecule has 2 N–H and O–H groups in total. The van der Waals surface area contributed by atoms with Gasteiger partial charge in [-0.3, -0.25) is 14.9 Å². The Balaban J connectivity index is 1.71. The number of fused-ring (bicyclic) bond motifs is 5. The number of ether oxygens (including phenoxy) is 5. The number of benzene rings is 1. The monoisotopic (exact) mass is 825 g/mol. The summed E-state index contributed by atoms with van der Waals surface area (Å²) in [7, 11) is 9.39. The average Bonchev–Trinajstić information content (AvgIpc) is 3.82. The summed E-state index contributed by atoms with van der Waals surface area (Å²) in [4.78, 5) is 56.9. The SMILES string of the molecule is COc1cc2cc(c1Cl)N(C)C(=O)C[C@H](OC(=O)[C@H](C)N(C)C(=O)CCC(C)(C)SSC)[C@]1(C)OC1[C@H](C)[C@@H]1C[C@@](O)(NC(=O)O1)[C@H](OC)/C=C/C=C(\C)C2. The molecule has 16 heteroatoms. The van der Waals surface area contributed by atoms with Gasteiger partial charge in [-0.05, 0) is 71.4 Å². The van der Waals surface area contributed by atoms with Crippen LogP contribution in [0.4, 0.5) is 10.5 Å².